The Morgan fingerprint density at radius 1 is 1.27 bits per heavy atom. The predicted octanol–water partition coefficient (Wildman–Crippen LogP) is 3.02. The highest BCUT2D eigenvalue weighted by molar-refractivity contribution is 7.80. The highest BCUT2D eigenvalue weighted by atomic mass is 32.1. The Hall–Kier alpha value is -0.630. The average Bonchev–Trinajstić information content (AvgIpc) is 2.04. The van der Waals surface area contributed by atoms with Gasteiger partial charge in [0.25, 0.3) is 0 Å². The second-order valence-corrected chi connectivity index (χ2v) is 2.40. The van der Waals surface area contributed by atoms with Gasteiger partial charge in [0, 0.05) is 10.5 Å². The Bertz CT molecular complexity index is 201. The first kappa shape index (κ1) is 10.4. The maximum absolute atomic E-state index is 9.05. The molecule has 2 heteroatoms. The molecule has 1 aromatic rings. The molecule has 0 saturated heterocycles. The number of hydrogen-bond acceptors (Lipinski definition) is 2. The molecule has 0 heterocycles. The third-order valence-electron chi connectivity index (χ3n) is 1.28. The summed E-state index contributed by atoms with van der Waals surface area (Å²) in [6.45, 7) is 5.83. The van der Waals surface area contributed by atoms with Crippen LogP contribution in [0.2, 0.25) is 0 Å². The summed E-state index contributed by atoms with van der Waals surface area (Å²) in [7, 11) is 0. The van der Waals surface area contributed by atoms with Crippen LogP contribution in [-0.2, 0) is 0 Å². The van der Waals surface area contributed by atoms with Crippen molar-refractivity contribution in [2.45, 2.75) is 25.7 Å². The molecule has 0 atom stereocenters. The molecule has 0 amide bonds. The van der Waals surface area contributed by atoms with Crippen molar-refractivity contribution >= 4 is 12.6 Å². The Labute approximate surface area is 73.5 Å². The topological polar surface area (TPSA) is 20.2 Å². The van der Waals surface area contributed by atoms with Crippen molar-refractivity contribution in [1.29, 1.82) is 0 Å². The lowest BCUT2D eigenvalue weighted by Crippen LogP contribution is -1.74. The molecule has 0 spiro atoms. The van der Waals surface area contributed by atoms with Crippen molar-refractivity contribution in [2.75, 3.05) is 0 Å². The second kappa shape index (κ2) is 5.08. The Balaban J connectivity index is 0.000000461. The Morgan fingerprint density at radius 3 is 2.18 bits per heavy atom. The highest BCUT2D eigenvalue weighted by Gasteiger charge is 1.95. The molecule has 0 aliphatic carbocycles. The zero-order valence-corrected chi connectivity index (χ0v) is 8.02. The third-order valence-corrected chi connectivity index (χ3v) is 1.76. The normalized spacial score (nSPS) is 8.36. The molecule has 62 valence electrons. The zero-order chi connectivity index (χ0) is 8.85. The van der Waals surface area contributed by atoms with Gasteiger partial charge in [0.2, 0.25) is 0 Å². The summed E-state index contributed by atoms with van der Waals surface area (Å²) in [6, 6.07) is 5.26. The van der Waals surface area contributed by atoms with E-state index in [0.29, 0.717) is 5.75 Å². The summed E-state index contributed by atoms with van der Waals surface area (Å²) in [5, 5.41) is 9.05. The van der Waals surface area contributed by atoms with Crippen LogP contribution in [0.3, 0.4) is 0 Å². The minimum absolute atomic E-state index is 0.308. The fourth-order valence-corrected chi connectivity index (χ4v) is 0.812. The first-order valence-electron chi connectivity index (χ1n) is 3.69. The molecule has 11 heavy (non-hydrogen) atoms. The lowest BCUT2D eigenvalue weighted by molar-refractivity contribution is 0.469. The first-order valence-corrected chi connectivity index (χ1v) is 4.14. The fourth-order valence-electron chi connectivity index (χ4n) is 0.612. The van der Waals surface area contributed by atoms with E-state index in [4.69, 9.17) is 5.11 Å². The van der Waals surface area contributed by atoms with E-state index >= 15 is 0 Å². The third kappa shape index (κ3) is 2.85. The lowest BCUT2D eigenvalue weighted by atomic mass is 10.2. The number of hydrogen-bond donors (Lipinski definition) is 2. The van der Waals surface area contributed by atoms with E-state index in [2.05, 4.69) is 12.6 Å². The molecule has 0 aliphatic rings. The van der Waals surface area contributed by atoms with E-state index in [1.165, 1.54) is 0 Å². The number of benzene rings is 1. The predicted molar refractivity (Wildman–Crippen MR) is 51.4 cm³/mol. The minimum Gasteiger partial charge on any atom is -0.508 e. The van der Waals surface area contributed by atoms with E-state index in [1.807, 2.05) is 26.8 Å². The van der Waals surface area contributed by atoms with Crippen molar-refractivity contribution < 1.29 is 5.11 Å². The molecule has 0 bridgehead atoms. The van der Waals surface area contributed by atoms with Crippen LogP contribution in [0.1, 0.15) is 19.4 Å². The van der Waals surface area contributed by atoms with Gasteiger partial charge >= 0.3 is 0 Å². The summed E-state index contributed by atoms with van der Waals surface area (Å²) in [5.74, 6) is 0.308. The van der Waals surface area contributed by atoms with Gasteiger partial charge in [-0.25, -0.2) is 0 Å². The van der Waals surface area contributed by atoms with Crippen molar-refractivity contribution in [3.05, 3.63) is 23.8 Å². The van der Waals surface area contributed by atoms with Gasteiger partial charge in [-0.05, 0) is 19.1 Å². The summed E-state index contributed by atoms with van der Waals surface area (Å²) >= 11 is 4.11. The van der Waals surface area contributed by atoms with Crippen molar-refractivity contribution in [3.8, 4) is 5.75 Å². The quantitative estimate of drug-likeness (QED) is 0.573. The zero-order valence-electron chi connectivity index (χ0n) is 7.13. The van der Waals surface area contributed by atoms with Gasteiger partial charge in [0.15, 0.2) is 0 Å². The molecule has 1 nitrogen and oxygen atoms in total. The Kier molecular flexibility index (Phi) is 4.79. The number of aromatic hydroxyl groups is 1. The van der Waals surface area contributed by atoms with Crippen molar-refractivity contribution in [1.82, 2.24) is 0 Å². The fraction of sp³-hybridized carbons (Fsp3) is 0.333. The summed E-state index contributed by atoms with van der Waals surface area (Å²) in [4.78, 5) is 0.829. The molecule has 0 saturated carbocycles. The van der Waals surface area contributed by atoms with Gasteiger partial charge in [0.05, 0.1) is 0 Å². The van der Waals surface area contributed by atoms with Crippen LogP contribution in [0.4, 0.5) is 0 Å². The SMILES string of the molecule is CC.Cc1c(O)cccc1S. The van der Waals surface area contributed by atoms with E-state index in [-0.39, 0.29) is 0 Å². The molecular formula is C9H14OS. The van der Waals surface area contributed by atoms with Crippen molar-refractivity contribution in [3.63, 3.8) is 0 Å². The first-order chi connectivity index (χ1) is 5.22. The largest absolute Gasteiger partial charge is 0.508 e. The molecule has 1 N–H and O–H groups in total. The van der Waals surface area contributed by atoms with Crippen LogP contribution >= 0.6 is 12.6 Å². The maximum Gasteiger partial charge on any atom is 0.119 e. The standard InChI is InChI=1S/C7H8OS.C2H6/c1-5-6(8)3-2-4-7(5)9;1-2/h2-4,8-9H,1H3;1-2H3. The molecule has 0 unspecified atom stereocenters. The number of thiol groups is 1. The summed E-state index contributed by atoms with van der Waals surface area (Å²) in [5.41, 5.74) is 0.834. The molecule has 0 radical (unpaired) electrons. The van der Waals surface area contributed by atoms with Crippen molar-refractivity contribution in [2.24, 2.45) is 0 Å². The average molecular weight is 170 g/mol. The molecule has 1 rings (SSSR count). The number of phenols is 1. The van der Waals surface area contributed by atoms with E-state index in [0.717, 1.165) is 10.5 Å². The van der Waals surface area contributed by atoms with Crippen LogP contribution in [-0.4, -0.2) is 5.11 Å². The van der Waals surface area contributed by atoms with E-state index < -0.39 is 0 Å². The summed E-state index contributed by atoms with van der Waals surface area (Å²) < 4.78 is 0. The van der Waals surface area contributed by atoms with Gasteiger partial charge < -0.3 is 5.11 Å². The van der Waals surface area contributed by atoms with Gasteiger partial charge in [-0.3, -0.25) is 0 Å². The van der Waals surface area contributed by atoms with Crippen LogP contribution in [0, 0.1) is 6.92 Å². The highest BCUT2D eigenvalue weighted by Crippen LogP contribution is 2.21. The van der Waals surface area contributed by atoms with E-state index in [1.54, 1.807) is 12.1 Å². The maximum atomic E-state index is 9.05. The molecule has 0 aromatic heterocycles. The van der Waals surface area contributed by atoms with Crippen LogP contribution < -0.4 is 0 Å². The molecule has 0 aliphatic heterocycles. The minimum atomic E-state index is 0.308. The van der Waals surface area contributed by atoms with Crippen LogP contribution in [0.15, 0.2) is 23.1 Å². The van der Waals surface area contributed by atoms with E-state index in [9.17, 15) is 0 Å². The lowest BCUT2D eigenvalue weighted by Gasteiger charge is -1.98. The van der Waals surface area contributed by atoms with Gasteiger partial charge in [-0.1, -0.05) is 19.9 Å². The second-order valence-electron chi connectivity index (χ2n) is 1.92. The number of rotatable bonds is 0. The number of phenolic OH excluding ortho intramolecular Hbond substituents is 1. The molecule has 1 aromatic carbocycles. The summed E-state index contributed by atoms with van der Waals surface area (Å²) in [6.07, 6.45) is 0. The van der Waals surface area contributed by atoms with Gasteiger partial charge in [-0.15, -0.1) is 12.6 Å². The molecular weight excluding hydrogens is 156 g/mol. The smallest absolute Gasteiger partial charge is 0.119 e. The molecule has 0 fully saturated rings. The monoisotopic (exact) mass is 170 g/mol. The van der Waals surface area contributed by atoms with Gasteiger partial charge in [0.1, 0.15) is 5.75 Å². The van der Waals surface area contributed by atoms with Crippen LogP contribution in [0.25, 0.3) is 0 Å². The Morgan fingerprint density at radius 2 is 1.82 bits per heavy atom. The van der Waals surface area contributed by atoms with Crippen LogP contribution in [0.5, 0.6) is 5.75 Å². The van der Waals surface area contributed by atoms with Gasteiger partial charge in [-0.2, -0.15) is 0 Å².